The Labute approximate surface area is 108 Å². The number of hydrogen-bond donors (Lipinski definition) is 0. The molecule has 0 aromatic heterocycles. The summed E-state index contributed by atoms with van der Waals surface area (Å²) in [5.74, 6) is -0.163. The summed E-state index contributed by atoms with van der Waals surface area (Å²) in [5.41, 5.74) is 1.79. The molecule has 18 heavy (non-hydrogen) atoms. The van der Waals surface area contributed by atoms with Crippen LogP contribution in [0.2, 0.25) is 0 Å². The van der Waals surface area contributed by atoms with Crippen LogP contribution >= 0.6 is 0 Å². The summed E-state index contributed by atoms with van der Waals surface area (Å²) in [6.07, 6.45) is 0.403. The normalized spacial score (nSPS) is 10.1. The summed E-state index contributed by atoms with van der Waals surface area (Å²) in [7, 11) is 1.96. The van der Waals surface area contributed by atoms with Crippen LogP contribution in [0.1, 0.15) is 24.5 Å². The second kappa shape index (κ2) is 7.46. The van der Waals surface area contributed by atoms with E-state index >= 15 is 0 Å². The summed E-state index contributed by atoms with van der Waals surface area (Å²) in [5, 5.41) is 8.69. The number of benzene rings is 1. The zero-order valence-corrected chi connectivity index (χ0v) is 10.8. The maximum Gasteiger partial charge on any atom is 0.307 e. The van der Waals surface area contributed by atoms with Crippen molar-refractivity contribution in [2.75, 3.05) is 20.2 Å². The van der Waals surface area contributed by atoms with Crippen molar-refractivity contribution >= 4 is 5.97 Å². The van der Waals surface area contributed by atoms with Crippen LogP contribution < -0.4 is 0 Å². The van der Waals surface area contributed by atoms with Gasteiger partial charge in [-0.25, -0.2) is 0 Å². The smallest absolute Gasteiger partial charge is 0.307 e. The summed E-state index contributed by atoms with van der Waals surface area (Å²) in [6, 6.07) is 9.55. The Morgan fingerprint density at radius 2 is 2.06 bits per heavy atom. The quantitative estimate of drug-likeness (QED) is 0.720. The summed E-state index contributed by atoms with van der Waals surface area (Å²) >= 11 is 0. The Hall–Kier alpha value is -1.86. The predicted octanol–water partition coefficient (Wildman–Crippen LogP) is 1.94. The van der Waals surface area contributed by atoms with Crippen molar-refractivity contribution in [1.82, 2.24) is 4.90 Å². The first-order chi connectivity index (χ1) is 8.65. The molecule has 1 aromatic rings. The first-order valence-corrected chi connectivity index (χ1v) is 5.99. The van der Waals surface area contributed by atoms with Gasteiger partial charge in [0.2, 0.25) is 0 Å². The maximum absolute atomic E-state index is 11.2. The highest BCUT2D eigenvalue weighted by Crippen LogP contribution is 2.06. The Balaban J connectivity index is 2.37. The number of esters is 1. The molecule has 0 N–H and O–H groups in total. The van der Waals surface area contributed by atoms with Crippen LogP contribution in [0.25, 0.3) is 0 Å². The highest BCUT2D eigenvalue weighted by Gasteiger charge is 2.05. The lowest BCUT2D eigenvalue weighted by molar-refractivity contribution is -0.143. The number of nitriles is 1. The SMILES string of the molecule is CCOC(=O)CCN(C)Cc1ccc(C#N)cc1. The van der Waals surface area contributed by atoms with Gasteiger partial charge in [-0.05, 0) is 31.7 Å². The maximum atomic E-state index is 11.2. The molecule has 96 valence electrons. The van der Waals surface area contributed by atoms with Gasteiger partial charge in [-0.15, -0.1) is 0 Å². The van der Waals surface area contributed by atoms with Crippen molar-refractivity contribution in [1.29, 1.82) is 5.26 Å². The van der Waals surface area contributed by atoms with E-state index in [0.29, 0.717) is 25.1 Å². The minimum atomic E-state index is -0.163. The van der Waals surface area contributed by atoms with Gasteiger partial charge in [0.25, 0.3) is 0 Å². The molecule has 0 bridgehead atoms. The molecule has 0 saturated carbocycles. The van der Waals surface area contributed by atoms with E-state index in [9.17, 15) is 4.79 Å². The Morgan fingerprint density at radius 3 is 2.61 bits per heavy atom. The van der Waals surface area contributed by atoms with E-state index in [4.69, 9.17) is 10.00 Å². The van der Waals surface area contributed by atoms with Crippen LogP contribution in [-0.2, 0) is 16.1 Å². The zero-order valence-electron chi connectivity index (χ0n) is 10.8. The molecule has 0 spiro atoms. The van der Waals surface area contributed by atoms with Gasteiger partial charge < -0.3 is 9.64 Å². The van der Waals surface area contributed by atoms with Crippen molar-refractivity contribution in [2.45, 2.75) is 19.9 Å². The van der Waals surface area contributed by atoms with Gasteiger partial charge in [0.15, 0.2) is 0 Å². The van der Waals surface area contributed by atoms with E-state index in [1.807, 2.05) is 19.2 Å². The van der Waals surface area contributed by atoms with Gasteiger partial charge >= 0.3 is 5.97 Å². The monoisotopic (exact) mass is 246 g/mol. The fourth-order valence-electron chi connectivity index (χ4n) is 1.59. The van der Waals surface area contributed by atoms with Crippen LogP contribution in [0.3, 0.4) is 0 Å². The third-order valence-corrected chi connectivity index (χ3v) is 2.54. The molecule has 0 aliphatic carbocycles. The first kappa shape index (κ1) is 14.2. The number of nitrogens with zero attached hydrogens (tertiary/aromatic N) is 2. The Kier molecular flexibility index (Phi) is 5.89. The van der Waals surface area contributed by atoms with Gasteiger partial charge in [0, 0.05) is 13.1 Å². The van der Waals surface area contributed by atoms with Crippen LogP contribution in [-0.4, -0.2) is 31.1 Å². The molecule has 0 amide bonds. The molecule has 1 rings (SSSR count). The Morgan fingerprint density at radius 1 is 1.39 bits per heavy atom. The first-order valence-electron chi connectivity index (χ1n) is 5.99. The lowest BCUT2D eigenvalue weighted by Crippen LogP contribution is -2.22. The van der Waals surface area contributed by atoms with Gasteiger partial charge in [0.1, 0.15) is 0 Å². The number of hydrogen-bond acceptors (Lipinski definition) is 4. The second-order valence-corrected chi connectivity index (χ2v) is 4.10. The topological polar surface area (TPSA) is 53.3 Å². The van der Waals surface area contributed by atoms with E-state index < -0.39 is 0 Å². The van der Waals surface area contributed by atoms with E-state index in [1.165, 1.54) is 0 Å². The van der Waals surface area contributed by atoms with Crippen molar-refractivity contribution in [3.63, 3.8) is 0 Å². The molecule has 4 nitrogen and oxygen atoms in total. The molecule has 0 aliphatic heterocycles. The molecular weight excluding hydrogens is 228 g/mol. The molecule has 0 radical (unpaired) electrons. The zero-order chi connectivity index (χ0) is 13.4. The highest BCUT2D eigenvalue weighted by molar-refractivity contribution is 5.69. The van der Waals surface area contributed by atoms with Gasteiger partial charge in [-0.2, -0.15) is 5.26 Å². The largest absolute Gasteiger partial charge is 0.466 e. The van der Waals surface area contributed by atoms with Gasteiger partial charge in [0.05, 0.1) is 24.7 Å². The summed E-state index contributed by atoms with van der Waals surface area (Å²) < 4.78 is 4.87. The van der Waals surface area contributed by atoms with Crippen LogP contribution in [0, 0.1) is 11.3 Å². The fourth-order valence-corrected chi connectivity index (χ4v) is 1.59. The van der Waals surface area contributed by atoms with E-state index in [0.717, 1.165) is 12.1 Å². The van der Waals surface area contributed by atoms with Gasteiger partial charge in [-0.3, -0.25) is 4.79 Å². The summed E-state index contributed by atoms with van der Waals surface area (Å²) in [6.45, 7) is 3.65. The minimum absolute atomic E-state index is 0.163. The lowest BCUT2D eigenvalue weighted by Gasteiger charge is -2.16. The molecule has 0 saturated heterocycles. The molecule has 4 heteroatoms. The van der Waals surface area contributed by atoms with Crippen molar-refractivity contribution < 1.29 is 9.53 Å². The molecule has 0 heterocycles. The van der Waals surface area contributed by atoms with Crippen molar-refractivity contribution in [2.24, 2.45) is 0 Å². The van der Waals surface area contributed by atoms with E-state index in [1.54, 1.807) is 19.1 Å². The molecule has 1 aromatic carbocycles. The van der Waals surface area contributed by atoms with E-state index in [2.05, 4.69) is 11.0 Å². The number of rotatable bonds is 6. The number of carbonyl (C=O) groups is 1. The molecule has 0 atom stereocenters. The minimum Gasteiger partial charge on any atom is -0.466 e. The Bertz CT molecular complexity index is 420. The molecule has 0 unspecified atom stereocenters. The van der Waals surface area contributed by atoms with Crippen LogP contribution in [0.5, 0.6) is 0 Å². The van der Waals surface area contributed by atoms with Crippen molar-refractivity contribution in [3.05, 3.63) is 35.4 Å². The second-order valence-electron chi connectivity index (χ2n) is 4.10. The standard InChI is InChI=1S/C14H18N2O2/c1-3-18-14(17)8-9-16(2)11-13-6-4-12(10-15)5-7-13/h4-7H,3,8-9,11H2,1-2H3. The third kappa shape index (κ3) is 4.98. The number of ether oxygens (including phenoxy) is 1. The van der Waals surface area contributed by atoms with Crippen LogP contribution in [0.15, 0.2) is 24.3 Å². The predicted molar refractivity (Wildman–Crippen MR) is 68.7 cm³/mol. The molecular formula is C14H18N2O2. The highest BCUT2D eigenvalue weighted by atomic mass is 16.5. The molecule has 0 aliphatic rings. The average molecular weight is 246 g/mol. The van der Waals surface area contributed by atoms with Gasteiger partial charge in [-0.1, -0.05) is 12.1 Å². The number of carbonyl (C=O) groups excluding carboxylic acids is 1. The third-order valence-electron chi connectivity index (χ3n) is 2.54. The lowest BCUT2D eigenvalue weighted by atomic mass is 10.1. The fraction of sp³-hybridized carbons (Fsp3) is 0.429. The van der Waals surface area contributed by atoms with Crippen molar-refractivity contribution in [3.8, 4) is 6.07 Å². The molecule has 0 fully saturated rings. The average Bonchev–Trinajstić information content (AvgIpc) is 2.38. The summed E-state index contributed by atoms with van der Waals surface area (Å²) in [4.78, 5) is 13.3. The van der Waals surface area contributed by atoms with Crippen LogP contribution in [0.4, 0.5) is 0 Å². The van der Waals surface area contributed by atoms with E-state index in [-0.39, 0.29) is 5.97 Å².